The molecule has 1 saturated carbocycles. The Bertz CT molecular complexity index is 597. The second-order valence-corrected chi connectivity index (χ2v) is 6.84. The number of aromatic nitrogens is 1. The first kappa shape index (κ1) is 15.2. The number of nitrogens with zero attached hydrogens (tertiary/aromatic N) is 1. The van der Waals surface area contributed by atoms with Crippen LogP contribution in [0.2, 0.25) is 5.15 Å². The van der Waals surface area contributed by atoms with Crippen LogP contribution in [0.4, 0.5) is 0 Å². The van der Waals surface area contributed by atoms with E-state index < -0.39 is 16.0 Å². The third-order valence-corrected chi connectivity index (χ3v) is 5.38. The van der Waals surface area contributed by atoms with Crippen molar-refractivity contribution in [2.45, 2.75) is 36.6 Å². The molecule has 0 aromatic carbocycles. The number of sulfonamides is 1. The number of carboxylic acids is 1. The van der Waals surface area contributed by atoms with Crippen LogP contribution in [-0.4, -0.2) is 30.5 Å². The van der Waals surface area contributed by atoms with Crippen LogP contribution in [-0.2, 0) is 14.8 Å². The first-order chi connectivity index (χ1) is 9.40. The summed E-state index contributed by atoms with van der Waals surface area (Å²) < 4.78 is 26.9. The molecule has 0 aliphatic heterocycles. The van der Waals surface area contributed by atoms with Crippen molar-refractivity contribution in [2.75, 3.05) is 0 Å². The van der Waals surface area contributed by atoms with Crippen molar-refractivity contribution < 1.29 is 18.3 Å². The van der Waals surface area contributed by atoms with Gasteiger partial charge in [-0.2, -0.15) is 0 Å². The van der Waals surface area contributed by atoms with Gasteiger partial charge in [0.15, 0.2) is 0 Å². The summed E-state index contributed by atoms with van der Waals surface area (Å²) in [6.45, 7) is 0. The average molecular weight is 319 g/mol. The molecule has 0 radical (unpaired) electrons. The van der Waals surface area contributed by atoms with E-state index in [-0.39, 0.29) is 22.0 Å². The Labute approximate surface area is 122 Å². The molecular weight excluding hydrogens is 304 g/mol. The van der Waals surface area contributed by atoms with Crippen LogP contribution in [0.15, 0.2) is 23.2 Å². The Morgan fingerprint density at radius 2 is 2.00 bits per heavy atom. The third-order valence-electron chi connectivity index (χ3n) is 3.41. The topological polar surface area (TPSA) is 96.4 Å². The van der Waals surface area contributed by atoms with Gasteiger partial charge in [0.1, 0.15) is 10.0 Å². The van der Waals surface area contributed by atoms with E-state index in [1.54, 1.807) is 0 Å². The number of rotatable bonds is 4. The molecule has 0 spiro atoms. The van der Waals surface area contributed by atoms with Crippen molar-refractivity contribution >= 4 is 27.6 Å². The van der Waals surface area contributed by atoms with Crippen molar-refractivity contribution in [3.05, 3.63) is 23.5 Å². The third kappa shape index (κ3) is 3.47. The Hall–Kier alpha value is -1.18. The highest BCUT2D eigenvalue weighted by Gasteiger charge is 2.29. The number of aliphatic carboxylic acids is 1. The molecule has 0 saturated heterocycles. The van der Waals surface area contributed by atoms with Gasteiger partial charge in [-0.3, -0.25) is 4.79 Å². The molecule has 1 aromatic rings. The Morgan fingerprint density at radius 3 is 2.55 bits per heavy atom. The fourth-order valence-electron chi connectivity index (χ4n) is 2.31. The van der Waals surface area contributed by atoms with Crippen LogP contribution in [0.3, 0.4) is 0 Å². The number of nitrogens with one attached hydrogen (secondary N) is 1. The van der Waals surface area contributed by atoms with Crippen molar-refractivity contribution in [1.82, 2.24) is 9.71 Å². The molecule has 20 heavy (non-hydrogen) atoms. The molecule has 2 rings (SSSR count). The van der Waals surface area contributed by atoms with Crippen molar-refractivity contribution in [2.24, 2.45) is 5.92 Å². The standard InChI is InChI=1S/C12H15ClN2O4S/c13-11-10(2-1-7-14-11)20(18,19)15-9-5-3-8(4-6-9)12(16)17/h1-2,7-9,15H,3-6H2,(H,16,17). The van der Waals surface area contributed by atoms with E-state index in [1.807, 2.05) is 0 Å². The fraction of sp³-hybridized carbons (Fsp3) is 0.500. The highest BCUT2D eigenvalue weighted by molar-refractivity contribution is 7.89. The van der Waals surface area contributed by atoms with Crippen LogP contribution in [0.25, 0.3) is 0 Å². The van der Waals surface area contributed by atoms with Gasteiger partial charge in [0.25, 0.3) is 0 Å². The molecule has 1 aliphatic carbocycles. The normalized spacial score (nSPS) is 23.4. The smallest absolute Gasteiger partial charge is 0.306 e. The summed E-state index contributed by atoms with van der Waals surface area (Å²) >= 11 is 5.78. The van der Waals surface area contributed by atoms with E-state index in [0.717, 1.165) is 0 Å². The molecule has 1 aromatic heterocycles. The monoisotopic (exact) mass is 318 g/mol. The minimum atomic E-state index is -3.72. The summed E-state index contributed by atoms with van der Waals surface area (Å²) in [6.07, 6.45) is 3.38. The van der Waals surface area contributed by atoms with E-state index in [1.165, 1.54) is 18.3 Å². The molecule has 110 valence electrons. The maximum atomic E-state index is 12.2. The van der Waals surface area contributed by atoms with Crippen LogP contribution in [0.5, 0.6) is 0 Å². The molecule has 8 heteroatoms. The number of halogens is 1. The quantitative estimate of drug-likeness (QED) is 0.823. The first-order valence-electron chi connectivity index (χ1n) is 6.26. The van der Waals surface area contributed by atoms with E-state index >= 15 is 0 Å². The highest BCUT2D eigenvalue weighted by atomic mass is 35.5. The van der Waals surface area contributed by atoms with Gasteiger partial charge in [-0.15, -0.1) is 0 Å². The predicted octanol–water partition coefficient (Wildman–Crippen LogP) is 1.66. The molecular formula is C12H15ClN2O4S. The largest absolute Gasteiger partial charge is 0.481 e. The number of hydrogen-bond acceptors (Lipinski definition) is 4. The van der Waals surface area contributed by atoms with E-state index in [2.05, 4.69) is 9.71 Å². The number of hydrogen-bond donors (Lipinski definition) is 2. The Balaban J connectivity index is 2.04. The van der Waals surface area contributed by atoms with E-state index in [9.17, 15) is 13.2 Å². The minimum absolute atomic E-state index is 0.0537. The second-order valence-electron chi connectivity index (χ2n) is 4.80. The fourth-order valence-corrected chi connectivity index (χ4v) is 4.07. The zero-order valence-corrected chi connectivity index (χ0v) is 12.2. The molecule has 1 aliphatic rings. The lowest BCUT2D eigenvalue weighted by Crippen LogP contribution is -2.38. The van der Waals surface area contributed by atoms with Gasteiger partial charge >= 0.3 is 5.97 Å². The van der Waals surface area contributed by atoms with Crippen LogP contribution >= 0.6 is 11.6 Å². The maximum absolute atomic E-state index is 12.2. The minimum Gasteiger partial charge on any atom is -0.481 e. The SMILES string of the molecule is O=C(O)C1CCC(NS(=O)(=O)c2cccnc2Cl)CC1. The maximum Gasteiger partial charge on any atom is 0.306 e. The second kappa shape index (κ2) is 6.07. The van der Waals surface area contributed by atoms with Gasteiger partial charge in [-0.25, -0.2) is 18.1 Å². The molecule has 2 N–H and O–H groups in total. The summed E-state index contributed by atoms with van der Waals surface area (Å²) in [5.41, 5.74) is 0. The highest BCUT2D eigenvalue weighted by Crippen LogP contribution is 2.26. The first-order valence-corrected chi connectivity index (χ1v) is 8.12. The van der Waals surface area contributed by atoms with Crippen LogP contribution < -0.4 is 4.72 Å². The Kier molecular flexibility index (Phi) is 4.62. The van der Waals surface area contributed by atoms with Crippen LogP contribution in [0.1, 0.15) is 25.7 Å². The van der Waals surface area contributed by atoms with Gasteiger partial charge < -0.3 is 5.11 Å². The molecule has 0 atom stereocenters. The summed E-state index contributed by atoms with van der Waals surface area (Å²) in [6, 6.07) is 2.63. The molecule has 0 bridgehead atoms. The van der Waals surface area contributed by atoms with E-state index in [0.29, 0.717) is 25.7 Å². The molecule has 6 nitrogen and oxygen atoms in total. The lowest BCUT2D eigenvalue weighted by Gasteiger charge is -2.26. The van der Waals surface area contributed by atoms with Gasteiger partial charge in [-0.1, -0.05) is 11.6 Å². The zero-order valence-electron chi connectivity index (χ0n) is 10.6. The lowest BCUT2D eigenvalue weighted by molar-refractivity contribution is -0.142. The van der Waals surface area contributed by atoms with Crippen molar-refractivity contribution in [1.29, 1.82) is 0 Å². The Morgan fingerprint density at radius 1 is 1.35 bits per heavy atom. The lowest BCUT2D eigenvalue weighted by atomic mass is 9.87. The zero-order chi connectivity index (χ0) is 14.8. The molecule has 1 fully saturated rings. The summed E-state index contributed by atoms with van der Waals surface area (Å²) in [5.74, 6) is -1.20. The number of carboxylic acid groups (broad SMARTS) is 1. The molecule has 1 heterocycles. The summed E-state index contributed by atoms with van der Waals surface area (Å²) in [4.78, 5) is 14.5. The predicted molar refractivity (Wildman–Crippen MR) is 73.0 cm³/mol. The summed E-state index contributed by atoms with van der Waals surface area (Å²) in [5, 5.41) is 8.84. The van der Waals surface area contributed by atoms with Gasteiger partial charge in [0.05, 0.1) is 5.92 Å². The number of carbonyl (C=O) groups is 1. The number of pyridine rings is 1. The van der Waals surface area contributed by atoms with E-state index in [4.69, 9.17) is 16.7 Å². The molecule has 0 amide bonds. The van der Waals surface area contributed by atoms with Gasteiger partial charge in [-0.05, 0) is 37.8 Å². The van der Waals surface area contributed by atoms with Crippen LogP contribution in [0, 0.1) is 5.92 Å². The molecule has 0 unspecified atom stereocenters. The van der Waals surface area contributed by atoms with Gasteiger partial charge in [0, 0.05) is 12.2 Å². The van der Waals surface area contributed by atoms with Crippen molar-refractivity contribution in [3.63, 3.8) is 0 Å². The van der Waals surface area contributed by atoms with Crippen molar-refractivity contribution in [3.8, 4) is 0 Å². The summed E-state index contributed by atoms with van der Waals surface area (Å²) in [7, 11) is -3.72. The van der Waals surface area contributed by atoms with Gasteiger partial charge in [0.2, 0.25) is 10.0 Å². The average Bonchev–Trinajstić information content (AvgIpc) is 2.39.